The fourth-order valence-electron chi connectivity index (χ4n) is 4.28. The molecule has 33 heavy (non-hydrogen) atoms. The van der Waals surface area contributed by atoms with Crippen molar-refractivity contribution in [3.05, 3.63) is 78.6 Å². The number of amides is 1. The number of benzene rings is 2. The minimum absolute atomic E-state index is 0.0260. The van der Waals surface area contributed by atoms with Gasteiger partial charge in [-0.05, 0) is 55.3 Å². The molecular formula is C26H28N4O3. The molecule has 2 aliphatic heterocycles. The SMILES string of the molecule is O=C(Nc1cccc(N2CCC(NCC3COc4ccccc4O3)CC2)c1)c1cccnc1. The van der Waals surface area contributed by atoms with Crippen LogP contribution in [0.1, 0.15) is 23.2 Å². The molecule has 1 fully saturated rings. The van der Waals surface area contributed by atoms with E-state index in [0.717, 1.165) is 55.3 Å². The van der Waals surface area contributed by atoms with Crippen LogP contribution < -0.4 is 25.0 Å². The molecule has 1 atom stereocenters. The molecule has 2 N–H and O–H groups in total. The summed E-state index contributed by atoms with van der Waals surface area (Å²) in [6, 6.07) is 19.8. The highest BCUT2D eigenvalue weighted by Crippen LogP contribution is 2.31. The molecule has 1 saturated heterocycles. The molecule has 3 heterocycles. The summed E-state index contributed by atoms with van der Waals surface area (Å²) >= 11 is 0. The van der Waals surface area contributed by atoms with E-state index in [1.54, 1.807) is 24.5 Å². The number of rotatable bonds is 6. The van der Waals surface area contributed by atoms with Crippen LogP contribution >= 0.6 is 0 Å². The third-order valence-electron chi connectivity index (χ3n) is 6.09. The molecule has 7 nitrogen and oxygen atoms in total. The van der Waals surface area contributed by atoms with Gasteiger partial charge < -0.3 is 25.0 Å². The number of hydrogen-bond acceptors (Lipinski definition) is 6. The van der Waals surface area contributed by atoms with E-state index >= 15 is 0 Å². The molecular weight excluding hydrogens is 416 g/mol. The van der Waals surface area contributed by atoms with Crippen LogP contribution in [0.3, 0.4) is 0 Å². The second-order valence-electron chi connectivity index (χ2n) is 8.41. The number of aromatic nitrogens is 1. The second-order valence-corrected chi connectivity index (χ2v) is 8.41. The van der Waals surface area contributed by atoms with Crippen molar-refractivity contribution in [2.75, 3.05) is 36.5 Å². The third-order valence-corrected chi connectivity index (χ3v) is 6.09. The molecule has 3 aromatic rings. The van der Waals surface area contributed by atoms with Crippen molar-refractivity contribution in [3.8, 4) is 11.5 Å². The Kier molecular flexibility index (Phi) is 6.39. The van der Waals surface area contributed by atoms with Gasteiger partial charge in [-0.3, -0.25) is 9.78 Å². The monoisotopic (exact) mass is 444 g/mol. The zero-order valence-corrected chi connectivity index (χ0v) is 18.4. The van der Waals surface area contributed by atoms with Crippen molar-refractivity contribution in [3.63, 3.8) is 0 Å². The van der Waals surface area contributed by atoms with Crippen molar-refractivity contribution in [2.45, 2.75) is 25.0 Å². The lowest BCUT2D eigenvalue weighted by Crippen LogP contribution is -2.47. The molecule has 170 valence electrons. The van der Waals surface area contributed by atoms with Crippen LogP contribution in [0, 0.1) is 0 Å². The van der Waals surface area contributed by atoms with Crippen molar-refractivity contribution in [1.82, 2.24) is 10.3 Å². The first kappa shape index (κ1) is 21.3. The van der Waals surface area contributed by atoms with Gasteiger partial charge in [-0.2, -0.15) is 0 Å². The van der Waals surface area contributed by atoms with Crippen molar-refractivity contribution in [2.24, 2.45) is 0 Å². The number of fused-ring (bicyclic) bond motifs is 1. The first-order chi connectivity index (χ1) is 16.2. The molecule has 0 radical (unpaired) electrons. The maximum absolute atomic E-state index is 12.4. The standard InChI is InChI=1S/C26H28N4O3/c31-26(19-5-4-12-27-16-19)29-21-6-3-7-22(15-21)30-13-10-20(11-14-30)28-17-23-18-32-24-8-1-2-9-25(24)33-23/h1-9,12,15-16,20,23,28H,10-11,13-14,17-18H2,(H,29,31). The summed E-state index contributed by atoms with van der Waals surface area (Å²) in [6.07, 6.45) is 5.36. The highest BCUT2D eigenvalue weighted by Gasteiger charge is 2.24. The van der Waals surface area contributed by atoms with Crippen LogP contribution in [-0.4, -0.2) is 49.3 Å². The zero-order valence-electron chi connectivity index (χ0n) is 18.4. The fourth-order valence-corrected chi connectivity index (χ4v) is 4.28. The first-order valence-electron chi connectivity index (χ1n) is 11.4. The second kappa shape index (κ2) is 9.92. The van der Waals surface area contributed by atoms with Crippen molar-refractivity contribution in [1.29, 1.82) is 0 Å². The number of nitrogens with zero attached hydrogens (tertiary/aromatic N) is 2. The summed E-state index contributed by atoms with van der Waals surface area (Å²) in [4.78, 5) is 18.8. The van der Waals surface area contributed by atoms with Gasteiger partial charge in [0.15, 0.2) is 11.5 Å². The molecule has 1 unspecified atom stereocenters. The summed E-state index contributed by atoms with van der Waals surface area (Å²) in [5.74, 6) is 1.49. The Morgan fingerprint density at radius 3 is 2.70 bits per heavy atom. The molecule has 0 spiro atoms. The molecule has 2 aliphatic rings. The smallest absolute Gasteiger partial charge is 0.257 e. The van der Waals surface area contributed by atoms with Crippen LogP contribution in [0.15, 0.2) is 73.1 Å². The van der Waals surface area contributed by atoms with Crippen LogP contribution in [0.2, 0.25) is 0 Å². The Bertz CT molecular complexity index is 1080. The van der Waals surface area contributed by atoms with E-state index in [2.05, 4.69) is 26.6 Å². The Hall–Kier alpha value is -3.58. The van der Waals surface area contributed by atoms with E-state index in [0.29, 0.717) is 18.2 Å². The van der Waals surface area contributed by atoms with Gasteiger partial charge in [0.2, 0.25) is 0 Å². The minimum atomic E-state index is -0.153. The highest BCUT2D eigenvalue weighted by molar-refractivity contribution is 6.04. The lowest BCUT2D eigenvalue weighted by atomic mass is 10.0. The molecule has 0 aliphatic carbocycles. The van der Waals surface area contributed by atoms with Gasteiger partial charge >= 0.3 is 0 Å². The van der Waals surface area contributed by atoms with Gasteiger partial charge in [0.05, 0.1) is 5.56 Å². The predicted octanol–water partition coefficient (Wildman–Crippen LogP) is 3.73. The molecule has 0 bridgehead atoms. The van der Waals surface area contributed by atoms with Crippen LogP contribution in [0.4, 0.5) is 11.4 Å². The van der Waals surface area contributed by atoms with E-state index < -0.39 is 0 Å². The summed E-state index contributed by atoms with van der Waals surface area (Å²) in [6.45, 7) is 3.26. The minimum Gasteiger partial charge on any atom is -0.486 e. The molecule has 2 aromatic carbocycles. The van der Waals surface area contributed by atoms with E-state index in [9.17, 15) is 4.79 Å². The third kappa shape index (κ3) is 5.26. The van der Waals surface area contributed by atoms with Gasteiger partial charge in [-0.15, -0.1) is 0 Å². The number of ether oxygens (including phenoxy) is 2. The number of hydrogen-bond donors (Lipinski definition) is 2. The van der Waals surface area contributed by atoms with Crippen molar-refractivity contribution < 1.29 is 14.3 Å². The lowest BCUT2D eigenvalue weighted by Gasteiger charge is -2.35. The number of carbonyl (C=O) groups excluding carboxylic acids is 1. The lowest BCUT2D eigenvalue weighted by molar-refractivity contribution is 0.0873. The van der Waals surface area contributed by atoms with E-state index in [4.69, 9.17) is 9.47 Å². The quantitative estimate of drug-likeness (QED) is 0.603. The Morgan fingerprint density at radius 1 is 1.03 bits per heavy atom. The topological polar surface area (TPSA) is 75.7 Å². The largest absolute Gasteiger partial charge is 0.486 e. The summed E-state index contributed by atoms with van der Waals surface area (Å²) < 4.78 is 11.9. The van der Waals surface area contributed by atoms with Gasteiger partial charge in [0, 0.05) is 49.4 Å². The number of pyridine rings is 1. The van der Waals surface area contributed by atoms with Gasteiger partial charge in [-0.25, -0.2) is 0 Å². The first-order valence-corrected chi connectivity index (χ1v) is 11.4. The summed E-state index contributed by atoms with van der Waals surface area (Å²) in [5.41, 5.74) is 2.46. The predicted molar refractivity (Wildman–Crippen MR) is 128 cm³/mol. The number of para-hydroxylation sites is 2. The van der Waals surface area contributed by atoms with E-state index in [-0.39, 0.29) is 12.0 Å². The average molecular weight is 445 g/mol. The Morgan fingerprint density at radius 2 is 1.88 bits per heavy atom. The van der Waals surface area contributed by atoms with Gasteiger partial charge in [-0.1, -0.05) is 18.2 Å². The van der Waals surface area contributed by atoms with E-state index in [1.165, 1.54) is 0 Å². The maximum atomic E-state index is 12.4. The van der Waals surface area contributed by atoms with Crippen LogP contribution in [-0.2, 0) is 0 Å². The molecule has 1 amide bonds. The summed E-state index contributed by atoms with van der Waals surface area (Å²) in [5, 5.41) is 6.62. The van der Waals surface area contributed by atoms with Gasteiger partial charge in [0.1, 0.15) is 12.7 Å². The normalized spacial score (nSPS) is 18.1. The van der Waals surface area contributed by atoms with Crippen molar-refractivity contribution >= 4 is 17.3 Å². The zero-order chi connectivity index (χ0) is 22.5. The number of anilines is 2. The molecule has 7 heteroatoms. The fraction of sp³-hybridized carbons (Fsp3) is 0.308. The Balaban J connectivity index is 1.10. The highest BCUT2D eigenvalue weighted by atomic mass is 16.6. The average Bonchev–Trinajstić information content (AvgIpc) is 2.88. The number of piperidine rings is 1. The number of carbonyl (C=O) groups is 1. The van der Waals surface area contributed by atoms with E-state index in [1.807, 2.05) is 42.5 Å². The molecule has 5 rings (SSSR count). The van der Waals surface area contributed by atoms with Crippen LogP contribution in [0.5, 0.6) is 11.5 Å². The molecule has 0 saturated carbocycles. The van der Waals surface area contributed by atoms with Gasteiger partial charge in [0.25, 0.3) is 5.91 Å². The number of nitrogens with one attached hydrogen (secondary N) is 2. The maximum Gasteiger partial charge on any atom is 0.257 e. The van der Waals surface area contributed by atoms with Crippen LogP contribution in [0.25, 0.3) is 0 Å². The summed E-state index contributed by atoms with van der Waals surface area (Å²) in [7, 11) is 0. The Labute approximate surface area is 193 Å². The molecule has 1 aromatic heterocycles.